The van der Waals surface area contributed by atoms with E-state index in [1.165, 1.54) is 0 Å². The van der Waals surface area contributed by atoms with Crippen molar-refractivity contribution in [2.24, 2.45) is 0 Å². The molecule has 5 nitrogen and oxygen atoms in total. The van der Waals surface area contributed by atoms with Gasteiger partial charge in [-0.05, 0) is 31.5 Å². The molecule has 1 aromatic carbocycles. The van der Waals surface area contributed by atoms with Gasteiger partial charge in [0.25, 0.3) is 5.91 Å². The molecule has 0 fully saturated rings. The maximum atomic E-state index is 12.0. The minimum absolute atomic E-state index is 0.203. The van der Waals surface area contributed by atoms with E-state index in [1.807, 2.05) is 13.8 Å². The Balaban J connectivity index is 2.13. The lowest BCUT2D eigenvalue weighted by Crippen LogP contribution is -2.15. The molecule has 0 unspecified atom stereocenters. The van der Waals surface area contributed by atoms with Crippen LogP contribution < -0.4 is 5.32 Å². The number of benzene rings is 1. The monoisotopic (exact) mass is 276 g/mol. The zero-order chi connectivity index (χ0) is 13.8. The number of aromatic nitrogens is 3. The summed E-state index contributed by atoms with van der Waals surface area (Å²) in [7, 11) is 0. The molecule has 2 rings (SSSR count). The summed E-state index contributed by atoms with van der Waals surface area (Å²) in [6.07, 6.45) is 0. The number of hydrogen-bond donors (Lipinski definition) is 1. The van der Waals surface area contributed by atoms with E-state index >= 15 is 0 Å². The van der Waals surface area contributed by atoms with Crippen molar-refractivity contribution in [3.63, 3.8) is 0 Å². The molecule has 0 aliphatic heterocycles. The fourth-order valence-corrected chi connectivity index (χ4v) is 1.61. The molecule has 0 aliphatic carbocycles. The standard InChI is InChI=1S/C13H13ClN4O/c1-8-9(2)17-18-13(15-8)16-12(19)11-5-3-10(7-14)4-6-11/h3-6H,7H2,1-2H3,(H,15,16,18,19). The van der Waals surface area contributed by atoms with Crippen LogP contribution >= 0.6 is 11.6 Å². The van der Waals surface area contributed by atoms with Gasteiger partial charge in [-0.15, -0.1) is 16.7 Å². The van der Waals surface area contributed by atoms with Gasteiger partial charge in [0.05, 0.1) is 11.4 Å². The topological polar surface area (TPSA) is 67.8 Å². The summed E-state index contributed by atoms with van der Waals surface area (Å²) in [6.45, 7) is 3.63. The summed E-state index contributed by atoms with van der Waals surface area (Å²) < 4.78 is 0. The molecule has 0 saturated heterocycles. The first-order chi connectivity index (χ1) is 9.10. The average molecular weight is 277 g/mol. The lowest BCUT2D eigenvalue weighted by atomic mass is 10.1. The first-order valence-corrected chi connectivity index (χ1v) is 6.28. The Labute approximate surface area is 116 Å². The molecule has 19 heavy (non-hydrogen) atoms. The van der Waals surface area contributed by atoms with Crippen molar-refractivity contribution in [3.05, 3.63) is 46.8 Å². The van der Waals surface area contributed by atoms with Crippen LogP contribution in [0.4, 0.5) is 5.95 Å². The van der Waals surface area contributed by atoms with Crippen molar-refractivity contribution in [1.82, 2.24) is 15.2 Å². The van der Waals surface area contributed by atoms with Crippen LogP contribution in [0.5, 0.6) is 0 Å². The Kier molecular flexibility index (Phi) is 4.06. The predicted molar refractivity (Wildman–Crippen MR) is 73.3 cm³/mol. The number of amides is 1. The first-order valence-electron chi connectivity index (χ1n) is 5.74. The number of carbonyl (C=O) groups excluding carboxylic acids is 1. The molecule has 98 valence electrons. The Morgan fingerprint density at radius 3 is 2.42 bits per heavy atom. The molecule has 6 heteroatoms. The summed E-state index contributed by atoms with van der Waals surface area (Å²) in [5, 5.41) is 10.3. The van der Waals surface area contributed by atoms with Crippen molar-refractivity contribution < 1.29 is 4.79 Å². The highest BCUT2D eigenvalue weighted by molar-refractivity contribution is 6.17. The van der Waals surface area contributed by atoms with Crippen molar-refractivity contribution in [3.8, 4) is 0 Å². The van der Waals surface area contributed by atoms with E-state index in [-0.39, 0.29) is 11.9 Å². The maximum absolute atomic E-state index is 12.0. The quantitative estimate of drug-likeness (QED) is 0.875. The van der Waals surface area contributed by atoms with Gasteiger partial charge in [-0.25, -0.2) is 4.98 Å². The van der Waals surface area contributed by atoms with Gasteiger partial charge in [0.15, 0.2) is 0 Å². The molecule has 0 atom stereocenters. The first kappa shape index (κ1) is 13.4. The third-order valence-corrected chi connectivity index (χ3v) is 3.00. The Bertz CT molecular complexity index is 598. The van der Waals surface area contributed by atoms with E-state index in [2.05, 4.69) is 20.5 Å². The van der Waals surface area contributed by atoms with E-state index in [9.17, 15) is 4.79 Å². The molecule has 2 aromatic rings. The van der Waals surface area contributed by atoms with Crippen molar-refractivity contribution >= 4 is 23.5 Å². The second-order valence-electron chi connectivity index (χ2n) is 4.09. The number of rotatable bonds is 3. The molecule has 1 aromatic heterocycles. The van der Waals surface area contributed by atoms with Gasteiger partial charge in [0, 0.05) is 11.4 Å². The van der Waals surface area contributed by atoms with Gasteiger partial charge in [-0.3, -0.25) is 10.1 Å². The van der Waals surface area contributed by atoms with Crippen LogP contribution in [0.2, 0.25) is 0 Å². The molecule has 0 radical (unpaired) electrons. The van der Waals surface area contributed by atoms with Gasteiger partial charge in [0.2, 0.25) is 5.95 Å². The van der Waals surface area contributed by atoms with Crippen LogP contribution in [0.25, 0.3) is 0 Å². The average Bonchev–Trinajstić information content (AvgIpc) is 2.43. The summed E-state index contributed by atoms with van der Waals surface area (Å²) in [4.78, 5) is 16.1. The molecular weight excluding hydrogens is 264 g/mol. The Morgan fingerprint density at radius 1 is 1.16 bits per heavy atom. The second kappa shape index (κ2) is 5.75. The van der Waals surface area contributed by atoms with Crippen molar-refractivity contribution in [2.75, 3.05) is 5.32 Å². The Morgan fingerprint density at radius 2 is 1.84 bits per heavy atom. The number of aryl methyl sites for hydroxylation is 2. The minimum Gasteiger partial charge on any atom is -0.289 e. The number of hydrogen-bond acceptors (Lipinski definition) is 4. The SMILES string of the molecule is Cc1nnc(NC(=O)c2ccc(CCl)cc2)nc1C. The molecule has 0 spiro atoms. The van der Waals surface area contributed by atoms with Crippen molar-refractivity contribution in [1.29, 1.82) is 0 Å². The normalized spacial score (nSPS) is 10.3. The molecule has 0 saturated carbocycles. The Hall–Kier alpha value is -2.01. The number of anilines is 1. The smallest absolute Gasteiger partial charge is 0.258 e. The van der Waals surface area contributed by atoms with Crippen LogP contribution in [0, 0.1) is 13.8 Å². The number of nitrogens with zero attached hydrogens (tertiary/aromatic N) is 3. The lowest BCUT2D eigenvalue weighted by Gasteiger charge is -2.05. The predicted octanol–water partition coefficient (Wildman–Crippen LogP) is 2.48. The van der Waals surface area contributed by atoms with Crippen molar-refractivity contribution in [2.45, 2.75) is 19.7 Å². The molecule has 1 amide bonds. The fourth-order valence-electron chi connectivity index (χ4n) is 1.43. The molecule has 0 aliphatic rings. The highest BCUT2D eigenvalue weighted by atomic mass is 35.5. The molecule has 1 heterocycles. The van der Waals surface area contributed by atoms with E-state index < -0.39 is 0 Å². The third kappa shape index (κ3) is 3.26. The fraction of sp³-hybridized carbons (Fsp3) is 0.231. The summed E-state index contributed by atoms with van der Waals surface area (Å²) in [5.74, 6) is 0.354. The third-order valence-electron chi connectivity index (χ3n) is 2.69. The van der Waals surface area contributed by atoms with Gasteiger partial charge in [-0.2, -0.15) is 5.10 Å². The second-order valence-corrected chi connectivity index (χ2v) is 4.36. The van der Waals surface area contributed by atoms with E-state index in [1.54, 1.807) is 24.3 Å². The van der Waals surface area contributed by atoms with E-state index in [0.29, 0.717) is 11.4 Å². The zero-order valence-electron chi connectivity index (χ0n) is 10.6. The van der Waals surface area contributed by atoms with Crippen LogP contribution in [-0.4, -0.2) is 21.1 Å². The molecule has 0 bridgehead atoms. The van der Waals surface area contributed by atoms with Crippen LogP contribution in [0.1, 0.15) is 27.3 Å². The molecule has 1 N–H and O–H groups in total. The highest BCUT2D eigenvalue weighted by Crippen LogP contribution is 2.09. The summed E-state index contributed by atoms with van der Waals surface area (Å²) >= 11 is 5.69. The number of halogens is 1. The van der Waals surface area contributed by atoms with Gasteiger partial charge in [0.1, 0.15) is 0 Å². The van der Waals surface area contributed by atoms with Gasteiger partial charge in [-0.1, -0.05) is 12.1 Å². The van der Waals surface area contributed by atoms with E-state index in [0.717, 1.165) is 17.0 Å². The molecular formula is C13H13ClN4O. The summed E-state index contributed by atoms with van der Waals surface area (Å²) in [5.41, 5.74) is 2.96. The number of alkyl halides is 1. The highest BCUT2D eigenvalue weighted by Gasteiger charge is 2.09. The van der Waals surface area contributed by atoms with Crippen LogP contribution in [-0.2, 0) is 5.88 Å². The zero-order valence-corrected chi connectivity index (χ0v) is 11.4. The van der Waals surface area contributed by atoms with Crippen LogP contribution in [0.15, 0.2) is 24.3 Å². The number of nitrogens with one attached hydrogen (secondary N) is 1. The largest absolute Gasteiger partial charge is 0.289 e. The van der Waals surface area contributed by atoms with Crippen LogP contribution in [0.3, 0.4) is 0 Å². The van der Waals surface area contributed by atoms with Gasteiger partial charge < -0.3 is 0 Å². The summed E-state index contributed by atoms with van der Waals surface area (Å²) in [6, 6.07) is 7.03. The lowest BCUT2D eigenvalue weighted by molar-refractivity contribution is 0.102. The minimum atomic E-state index is -0.272. The maximum Gasteiger partial charge on any atom is 0.258 e. The van der Waals surface area contributed by atoms with E-state index in [4.69, 9.17) is 11.6 Å². The number of carbonyl (C=O) groups is 1. The van der Waals surface area contributed by atoms with Gasteiger partial charge >= 0.3 is 0 Å².